The first-order valence-electron chi connectivity index (χ1n) is 9.18. The highest BCUT2D eigenvalue weighted by molar-refractivity contribution is 5.85. The monoisotopic (exact) mass is 399 g/mol. The van der Waals surface area contributed by atoms with E-state index in [1.165, 1.54) is 0 Å². The van der Waals surface area contributed by atoms with E-state index >= 15 is 0 Å². The summed E-state index contributed by atoms with van der Waals surface area (Å²) >= 11 is 0. The molecule has 0 radical (unpaired) electrons. The minimum atomic E-state index is 0. The molecule has 0 unspecified atom stereocenters. The number of halogens is 1. The summed E-state index contributed by atoms with van der Waals surface area (Å²) in [5.41, 5.74) is 2.19. The zero-order valence-electron chi connectivity index (χ0n) is 17.1. The van der Waals surface area contributed by atoms with E-state index < -0.39 is 0 Å². The van der Waals surface area contributed by atoms with Crippen molar-refractivity contribution < 1.29 is 9.84 Å². The summed E-state index contributed by atoms with van der Waals surface area (Å²) < 4.78 is 5.79. The van der Waals surface area contributed by atoms with E-state index in [1.54, 1.807) is 6.07 Å². The van der Waals surface area contributed by atoms with Crippen LogP contribution < -0.4 is 4.74 Å². The number of ether oxygens (including phenoxy) is 1. The summed E-state index contributed by atoms with van der Waals surface area (Å²) in [5, 5.41) is 10.0. The van der Waals surface area contributed by atoms with Gasteiger partial charge in [-0.05, 0) is 57.2 Å². The Balaban J connectivity index is 0.00000392. The van der Waals surface area contributed by atoms with E-state index in [0.29, 0.717) is 12.4 Å². The lowest BCUT2D eigenvalue weighted by molar-refractivity contribution is 0.287. The first-order valence-corrected chi connectivity index (χ1v) is 9.18. The summed E-state index contributed by atoms with van der Waals surface area (Å²) in [4.78, 5) is 2.18. The molecule has 4 heteroatoms. The Hall–Kier alpha value is -2.41. The molecule has 0 bridgehead atoms. The summed E-state index contributed by atoms with van der Waals surface area (Å²) in [6, 6.07) is 15.4. The fraction of sp³-hybridized carbons (Fsp3) is 0.333. The maximum Gasteiger partial charge on any atom is 0.161 e. The SMILES string of the molecule is CN(CC=CC#CC(C)(C)C)Cc1ccc(O)c(OCc2ccccc2)c1.Cl. The van der Waals surface area contributed by atoms with Gasteiger partial charge in [-0.25, -0.2) is 0 Å². The highest BCUT2D eigenvalue weighted by Gasteiger charge is 2.06. The van der Waals surface area contributed by atoms with Crippen molar-refractivity contribution in [2.45, 2.75) is 33.9 Å². The number of nitrogens with zero attached hydrogens (tertiary/aromatic N) is 1. The Morgan fingerprint density at radius 1 is 1.07 bits per heavy atom. The molecule has 0 aliphatic rings. The predicted molar refractivity (Wildman–Crippen MR) is 119 cm³/mol. The number of benzene rings is 2. The summed E-state index contributed by atoms with van der Waals surface area (Å²) in [6.07, 6.45) is 3.97. The molecular formula is C24H30ClNO2. The minimum absolute atomic E-state index is 0. The number of allylic oxidation sites excluding steroid dienone is 1. The molecule has 0 spiro atoms. The van der Waals surface area contributed by atoms with Crippen LogP contribution in [0.4, 0.5) is 0 Å². The normalized spacial score (nSPS) is 11.0. The molecule has 0 atom stereocenters. The predicted octanol–water partition coefficient (Wildman–Crippen LogP) is 5.43. The maximum atomic E-state index is 10.0. The molecule has 0 saturated heterocycles. The molecule has 0 saturated carbocycles. The highest BCUT2D eigenvalue weighted by Crippen LogP contribution is 2.28. The van der Waals surface area contributed by atoms with Gasteiger partial charge in [0.2, 0.25) is 0 Å². The second kappa shape index (κ2) is 11.4. The standard InChI is InChI=1S/C24H29NO2.ClH/c1-24(2,3)15-9-6-10-16-25(4)18-21-13-14-22(26)23(17-21)27-19-20-11-7-5-8-12-20;/h5-8,10-14,17,26H,16,18-19H2,1-4H3;1H. The van der Waals surface area contributed by atoms with Crippen LogP contribution in [0.2, 0.25) is 0 Å². The van der Waals surface area contributed by atoms with Crippen molar-refractivity contribution in [3.05, 3.63) is 71.8 Å². The Labute approximate surface area is 175 Å². The van der Waals surface area contributed by atoms with Crippen molar-refractivity contribution in [1.82, 2.24) is 4.90 Å². The van der Waals surface area contributed by atoms with Gasteiger partial charge in [-0.2, -0.15) is 0 Å². The summed E-state index contributed by atoms with van der Waals surface area (Å²) in [6.45, 7) is 8.30. The average Bonchev–Trinajstić information content (AvgIpc) is 2.62. The van der Waals surface area contributed by atoms with Crippen LogP contribution in [-0.4, -0.2) is 23.6 Å². The van der Waals surface area contributed by atoms with Gasteiger partial charge in [0, 0.05) is 18.5 Å². The van der Waals surface area contributed by atoms with Crippen LogP contribution in [0.1, 0.15) is 31.9 Å². The minimum Gasteiger partial charge on any atom is -0.504 e. The molecule has 28 heavy (non-hydrogen) atoms. The van der Waals surface area contributed by atoms with Gasteiger partial charge in [-0.1, -0.05) is 54.3 Å². The van der Waals surface area contributed by atoms with Gasteiger partial charge in [0.15, 0.2) is 11.5 Å². The van der Waals surface area contributed by atoms with Gasteiger partial charge in [0.05, 0.1) is 0 Å². The molecule has 0 heterocycles. The smallest absolute Gasteiger partial charge is 0.161 e. The topological polar surface area (TPSA) is 32.7 Å². The second-order valence-electron chi connectivity index (χ2n) is 7.69. The molecule has 1 N–H and O–H groups in total. The zero-order chi connectivity index (χ0) is 19.7. The number of likely N-dealkylation sites (N-methyl/N-ethyl adjacent to an activating group) is 1. The molecule has 2 aromatic rings. The Bertz CT molecular complexity index is 814. The number of phenolic OH excluding ortho intramolecular Hbond substituents is 1. The van der Waals surface area contributed by atoms with Gasteiger partial charge < -0.3 is 9.84 Å². The average molecular weight is 400 g/mol. The summed E-state index contributed by atoms with van der Waals surface area (Å²) in [5.74, 6) is 6.94. The number of hydrogen-bond acceptors (Lipinski definition) is 3. The molecule has 0 aromatic heterocycles. The lowest BCUT2D eigenvalue weighted by atomic mass is 9.98. The third-order valence-corrected chi connectivity index (χ3v) is 3.78. The van der Waals surface area contributed by atoms with E-state index in [1.807, 2.05) is 48.5 Å². The van der Waals surface area contributed by atoms with Gasteiger partial charge in [0.25, 0.3) is 0 Å². The lowest BCUT2D eigenvalue weighted by Gasteiger charge is -2.16. The third kappa shape index (κ3) is 8.99. The van der Waals surface area contributed by atoms with Gasteiger partial charge >= 0.3 is 0 Å². The van der Waals surface area contributed by atoms with Gasteiger partial charge in [0.1, 0.15) is 6.61 Å². The number of rotatable bonds is 7. The van der Waals surface area contributed by atoms with Crippen molar-refractivity contribution in [1.29, 1.82) is 0 Å². The number of aromatic hydroxyl groups is 1. The Morgan fingerprint density at radius 2 is 1.79 bits per heavy atom. The van der Waals surface area contributed by atoms with Gasteiger partial charge in [-0.3, -0.25) is 4.90 Å². The quantitative estimate of drug-likeness (QED) is 0.630. The van der Waals surface area contributed by atoms with Crippen LogP contribution in [0, 0.1) is 17.3 Å². The Morgan fingerprint density at radius 3 is 2.46 bits per heavy atom. The van der Waals surface area contributed by atoms with E-state index in [2.05, 4.69) is 50.6 Å². The maximum absolute atomic E-state index is 10.0. The number of hydrogen-bond donors (Lipinski definition) is 1. The van der Waals surface area contributed by atoms with Crippen LogP contribution in [0.3, 0.4) is 0 Å². The fourth-order valence-electron chi connectivity index (χ4n) is 2.43. The molecule has 150 valence electrons. The van der Waals surface area contributed by atoms with Crippen LogP contribution >= 0.6 is 12.4 Å². The van der Waals surface area contributed by atoms with Gasteiger partial charge in [-0.15, -0.1) is 12.4 Å². The first-order chi connectivity index (χ1) is 12.8. The van der Waals surface area contributed by atoms with Crippen LogP contribution in [0.15, 0.2) is 60.7 Å². The molecule has 0 aliphatic carbocycles. The number of phenols is 1. The Kier molecular flexibility index (Phi) is 9.65. The summed E-state index contributed by atoms with van der Waals surface area (Å²) in [7, 11) is 2.05. The van der Waals surface area contributed by atoms with E-state index in [4.69, 9.17) is 4.74 Å². The molecule has 2 aromatic carbocycles. The van der Waals surface area contributed by atoms with E-state index in [0.717, 1.165) is 24.2 Å². The molecule has 2 rings (SSSR count). The molecule has 3 nitrogen and oxygen atoms in total. The molecule has 0 aliphatic heterocycles. The van der Waals surface area contributed by atoms with Crippen molar-refractivity contribution in [2.75, 3.05) is 13.6 Å². The highest BCUT2D eigenvalue weighted by atomic mass is 35.5. The van der Waals surface area contributed by atoms with Crippen molar-refractivity contribution in [3.63, 3.8) is 0 Å². The molecular weight excluding hydrogens is 370 g/mol. The second-order valence-corrected chi connectivity index (χ2v) is 7.69. The van der Waals surface area contributed by atoms with E-state index in [-0.39, 0.29) is 23.6 Å². The third-order valence-electron chi connectivity index (χ3n) is 3.78. The van der Waals surface area contributed by atoms with Crippen molar-refractivity contribution in [2.24, 2.45) is 5.41 Å². The first kappa shape index (κ1) is 23.6. The van der Waals surface area contributed by atoms with Crippen LogP contribution in [-0.2, 0) is 13.2 Å². The fourth-order valence-corrected chi connectivity index (χ4v) is 2.43. The van der Waals surface area contributed by atoms with Crippen LogP contribution in [0.5, 0.6) is 11.5 Å². The largest absolute Gasteiger partial charge is 0.504 e. The van der Waals surface area contributed by atoms with Crippen LogP contribution in [0.25, 0.3) is 0 Å². The zero-order valence-corrected chi connectivity index (χ0v) is 17.9. The molecule has 0 amide bonds. The molecule has 0 fully saturated rings. The van der Waals surface area contributed by atoms with E-state index in [9.17, 15) is 5.11 Å². The lowest BCUT2D eigenvalue weighted by Crippen LogP contribution is -2.17. The van der Waals surface area contributed by atoms with Crippen molar-refractivity contribution in [3.8, 4) is 23.3 Å². The van der Waals surface area contributed by atoms with Crippen molar-refractivity contribution >= 4 is 12.4 Å².